The van der Waals surface area contributed by atoms with Crippen molar-refractivity contribution in [2.24, 2.45) is 5.41 Å². The van der Waals surface area contributed by atoms with Crippen LogP contribution < -0.4 is 5.32 Å². The molecule has 0 radical (unpaired) electrons. The van der Waals surface area contributed by atoms with Gasteiger partial charge in [0.15, 0.2) is 0 Å². The Balaban J connectivity index is 2.07. The van der Waals surface area contributed by atoms with E-state index in [4.69, 9.17) is 0 Å². The van der Waals surface area contributed by atoms with Gasteiger partial charge in [0.2, 0.25) is 0 Å². The van der Waals surface area contributed by atoms with Gasteiger partial charge in [-0.15, -0.1) is 0 Å². The second kappa shape index (κ2) is 3.74. The monoisotopic (exact) mass is 189 g/mol. The second-order valence-corrected chi connectivity index (χ2v) is 4.63. The molecule has 0 atom stereocenters. The van der Waals surface area contributed by atoms with Crippen LogP contribution in [0.4, 0.5) is 0 Å². The molecule has 76 valence electrons. The molecule has 1 nitrogen and oxygen atoms in total. The molecular formula is C13H19N. The first-order chi connectivity index (χ1) is 6.76. The number of rotatable bonds is 4. The maximum Gasteiger partial charge on any atom is 0.000800 e. The predicted molar refractivity (Wildman–Crippen MR) is 60.5 cm³/mol. The third-order valence-corrected chi connectivity index (χ3v) is 3.34. The van der Waals surface area contributed by atoms with E-state index in [0.717, 1.165) is 0 Å². The molecule has 1 aromatic carbocycles. The van der Waals surface area contributed by atoms with Gasteiger partial charge in [0.25, 0.3) is 0 Å². The highest BCUT2D eigenvalue weighted by molar-refractivity contribution is 5.27. The smallest absolute Gasteiger partial charge is 0.000800 e. The third kappa shape index (κ3) is 1.98. The Labute approximate surface area is 86.5 Å². The number of benzene rings is 1. The molecule has 1 heteroatoms. The van der Waals surface area contributed by atoms with Crippen LogP contribution in [-0.2, 0) is 6.42 Å². The normalized spacial score (nSPS) is 18.1. The number of aryl methyl sites for hydroxylation is 1. The molecule has 1 aliphatic carbocycles. The summed E-state index contributed by atoms with van der Waals surface area (Å²) in [4.78, 5) is 0. The van der Waals surface area contributed by atoms with Crippen LogP contribution in [0.25, 0.3) is 0 Å². The van der Waals surface area contributed by atoms with Crippen molar-refractivity contribution >= 4 is 0 Å². The van der Waals surface area contributed by atoms with Gasteiger partial charge in [-0.05, 0) is 49.8 Å². The van der Waals surface area contributed by atoms with Gasteiger partial charge in [0.1, 0.15) is 0 Å². The van der Waals surface area contributed by atoms with E-state index in [1.165, 1.54) is 36.9 Å². The summed E-state index contributed by atoms with van der Waals surface area (Å²) in [6.45, 7) is 3.38. The molecule has 0 unspecified atom stereocenters. The first-order valence-electron chi connectivity index (χ1n) is 5.45. The van der Waals surface area contributed by atoms with Crippen molar-refractivity contribution in [2.75, 3.05) is 13.6 Å². The molecule has 0 spiro atoms. The Hall–Kier alpha value is -0.820. The lowest BCUT2D eigenvalue weighted by atomic mass is 9.94. The maximum absolute atomic E-state index is 3.31. The van der Waals surface area contributed by atoms with E-state index in [2.05, 4.69) is 43.6 Å². The Kier molecular flexibility index (Phi) is 2.60. The van der Waals surface area contributed by atoms with Crippen LogP contribution in [0.15, 0.2) is 24.3 Å². The van der Waals surface area contributed by atoms with Crippen LogP contribution in [0.3, 0.4) is 0 Å². The van der Waals surface area contributed by atoms with E-state index >= 15 is 0 Å². The largest absolute Gasteiger partial charge is 0.319 e. The Morgan fingerprint density at radius 3 is 2.57 bits per heavy atom. The molecule has 0 aliphatic heterocycles. The standard InChI is InChI=1S/C13H19N/c1-11-5-3-4-6-12(11)9-13(7-8-13)10-14-2/h3-6,14H,7-10H2,1-2H3. The third-order valence-electron chi connectivity index (χ3n) is 3.34. The predicted octanol–water partition coefficient (Wildman–Crippen LogP) is 2.54. The van der Waals surface area contributed by atoms with Crippen molar-refractivity contribution in [3.8, 4) is 0 Å². The average molecular weight is 189 g/mol. The first kappa shape index (κ1) is 9.72. The molecular weight excluding hydrogens is 170 g/mol. The Bertz CT molecular complexity index is 313. The zero-order chi connectivity index (χ0) is 10.0. The van der Waals surface area contributed by atoms with E-state index in [0.29, 0.717) is 5.41 Å². The van der Waals surface area contributed by atoms with Crippen LogP contribution in [-0.4, -0.2) is 13.6 Å². The molecule has 1 fully saturated rings. The minimum absolute atomic E-state index is 0.584. The van der Waals surface area contributed by atoms with Crippen molar-refractivity contribution in [3.05, 3.63) is 35.4 Å². The molecule has 1 saturated carbocycles. The molecule has 0 bridgehead atoms. The summed E-state index contributed by atoms with van der Waals surface area (Å²) in [5, 5.41) is 3.31. The summed E-state index contributed by atoms with van der Waals surface area (Å²) < 4.78 is 0. The van der Waals surface area contributed by atoms with Gasteiger partial charge in [0, 0.05) is 6.54 Å². The molecule has 0 amide bonds. The lowest BCUT2D eigenvalue weighted by Crippen LogP contribution is -2.22. The van der Waals surface area contributed by atoms with Crippen LogP contribution >= 0.6 is 0 Å². The van der Waals surface area contributed by atoms with E-state index in [-0.39, 0.29) is 0 Å². The van der Waals surface area contributed by atoms with Crippen LogP contribution in [0.1, 0.15) is 24.0 Å². The van der Waals surface area contributed by atoms with Crippen molar-refractivity contribution in [1.82, 2.24) is 5.32 Å². The highest BCUT2D eigenvalue weighted by Crippen LogP contribution is 2.48. The van der Waals surface area contributed by atoms with Gasteiger partial charge in [0.05, 0.1) is 0 Å². The topological polar surface area (TPSA) is 12.0 Å². The molecule has 1 N–H and O–H groups in total. The summed E-state index contributed by atoms with van der Waals surface area (Å²) in [5.74, 6) is 0. The van der Waals surface area contributed by atoms with E-state index in [1.807, 2.05) is 0 Å². The van der Waals surface area contributed by atoms with Crippen molar-refractivity contribution < 1.29 is 0 Å². The fourth-order valence-corrected chi connectivity index (χ4v) is 2.18. The van der Waals surface area contributed by atoms with Crippen molar-refractivity contribution in [1.29, 1.82) is 0 Å². The SMILES string of the molecule is CNCC1(Cc2ccccc2C)CC1. The lowest BCUT2D eigenvalue weighted by molar-refractivity contribution is 0.477. The summed E-state index contributed by atoms with van der Waals surface area (Å²) >= 11 is 0. The number of hydrogen-bond donors (Lipinski definition) is 1. The quantitative estimate of drug-likeness (QED) is 0.767. The maximum atomic E-state index is 3.31. The van der Waals surface area contributed by atoms with Gasteiger partial charge < -0.3 is 5.32 Å². The molecule has 14 heavy (non-hydrogen) atoms. The van der Waals surface area contributed by atoms with E-state index in [1.54, 1.807) is 0 Å². The molecule has 1 aromatic rings. The molecule has 0 saturated heterocycles. The van der Waals surface area contributed by atoms with Crippen LogP contribution in [0.5, 0.6) is 0 Å². The Morgan fingerprint density at radius 1 is 1.29 bits per heavy atom. The summed E-state index contributed by atoms with van der Waals surface area (Å²) in [6.07, 6.45) is 4.03. The minimum atomic E-state index is 0.584. The Morgan fingerprint density at radius 2 is 2.00 bits per heavy atom. The highest BCUT2D eigenvalue weighted by Gasteiger charge is 2.41. The summed E-state index contributed by atoms with van der Waals surface area (Å²) in [6, 6.07) is 8.75. The first-order valence-corrected chi connectivity index (χ1v) is 5.45. The van der Waals surface area contributed by atoms with Gasteiger partial charge in [-0.25, -0.2) is 0 Å². The number of nitrogens with one attached hydrogen (secondary N) is 1. The fraction of sp³-hybridized carbons (Fsp3) is 0.538. The van der Waals surface area contributed by atoms with Crippen LogP contribution in [0.2, 0.25) is 0 Å². The highest BCUT2D eigenvalue weighted by atomic mass is 14.8. The van der Waals surface area contributed by atoms with Gasteiger partial charge in [-0.3, -0.25) is 0 Å². The van der Waals surface area contributed by atoms with E-state index < -0.39 is 0 Å². The molecule has 0 heterocycles. The van der Waals surface area contributed by atoms with Gasteiger partial charge in [-0.1, -0.05) is 24.3 Å². The minimum Gasteiger partial charge on any atom is -0.319 e. The lowest BCUT2D eigenvalue weighted by Gasteiger charge is -2.15. The summed E-state index contributed by atoms with van der Waals surface area (Å²) in [7, 11) is 2.05. The van der Waals surface area contributed by atoms with Gasteiger partial charge in [-0.2, -0.15) is 0 Å². The van der Waals surface area contributed by atoms with Crippen molar-refractivity contribution in [2.45, 2.75) is 26.2 Å². The van der Waals surface area contributed by atoms with Crippen molar-refractivity contribution in [3.63, 3.8) is 0 Å². The van der Waals surface area contributed by atoms with Gasteiger partial charge >= 0.3 is 0 Å². The van der Waals surface area contributed by atoms with E-state index in [9.17, 15) is 0 Å². The average Bonchev–Trinajstić information content (AvgIpc) is 2.90. The number of hydrogen-bond acceptors (Lipinski definition) is 1. The molecule has 2 rings (SSSR count). The molecule has 1 aliphatic rings. The molecule has 0 aromatic heterocycles. The second-order valence-electron chi connectivity index (χ2n) is 4.63. The zero-order valence-electron chi connectivity index (χ0n) is 9.14. The summed E-state index contributed by atoms with van der Waals surface area (Å²) in [5.41, 5.74) is 3.55. The zero-order valence-corrected chi connectivity index (χ0v) is 9.14. The van der Waals surface area contributed by atoms with Crippen LogP contribution in [0, 0.1) is 12.3 Å². The fourth-order valence-electron chi connectivity index (χ4n) is 2.18.